The molecule has 3 nitrogen and oxygen atoms in total. The van der Waals surface area contributed by atoms with E-state index in [2.05, 4.69) is 12.2 Å². The van der Waals surface area contributed by atoms with E-state index in [-0.39, 0.29) is 29.7 Å². The molecule has 2 aromatic rings. The van der Waals surface area contributed by atoms with Crippen molar-refractivity contribution >= 4 is 17.7 Å². The molecule has 1 amide bonds. The first-order valence-electron chi connectivity index (χ1n) is 8.82. The second-order valence-corrected chi connectivity index (χ2v) is 7.54. The van der Waals surface area contributed by atoms with Gasteiger partial charge in [0, 0.05) is 17.5 Å². The van der Waals surface area contributed by atoms with Crippen molar-refractivity contribution in [2.24, 2.45) is 5.92 Å². The van der Waals surface area contributed by atoms with E-state index >= 15 is 0 Å². The summed E-state index contributed by atoms with van der Waals surface area (Å²) in [6.45, 7) is 4.21. The lowest BCUT2D eigenvalue weighted by Crippen LogP contribution is -2.38. The van der Waals surface area contributed by atoms with Gasteiger partial charge in [-0.1, -0.05) is 62.4 Å². The van der Waals surface area contributed by atoms with Crippen molar-refractivity contribution in [1.29, 1.82) is 0 Å². The Morgan fingerprint density at radius 3 is 2.24 bits per heavy atom. The average Bonchev–Trinajstić information content (AvgIpc) is 2.66. The summed E-state index contributed by atoms with van der Waals surface area (Å²) >= 11 is 1.57. The highest BCUT2D eigenvalue weighted by Crippen LogP contribution is 2.35. The first kappa shape index (κ1) is 19.5. The standard InChI is InChI=1S/C21H27NO2S/c1-3-18(14-16(2)15-23)22-21(24)20(17-10-6-4-7-11-17)25-19-12-8-5-9-13-19/h4-13,16,18,20,23H,3,14-15H2,1-2H3,(H,22,24)/t16-,18+,20-/m0/s1. The molecule has 0 bridgehead atoms. The molecule has 0 saturated carbocycles. The molecule has 2 N–H and O–H groups in total. The van der Waals surface area contributed by atoms with Gasteiger partial charge in [-0.25, -0.2) is 0 Å². The predicted octanol–water partition coefficient (Wildman–Crippen LogP) is 4.43. The van der Waals surface area contributed by atoms with Crippen LogP contribution >= 0.6 is 11.8 Å². The SMILES string of the molecule is CC[C@H](C[C@H](C)CO)NC(=O)[C@@H](Sc1ccccc1)c1ccccc1. The van der Waals surface area contributed by atoms with Gasteiger partial charge in [0.05, 0.1) is 0 Å². The minimum Gasteiger partial charge on any atom is -0.396 e. The summed E-state index contributed by atoms with van der Waals surface area (Å²) in [6.07, 6.45) is 1.64. The Balaban J connectivity index is 2.15. The Hall–Kier alpha value is -1.78. The summed E-state index contributed by atoms with van der Waals surface area (Å²) in [5.74, 6) is 0.208. The van der Waals surface area contributed by atoms with E-state index in [9.17, 15) is 9.90 Å². The Morgan fingerprint density at radius 1 is 1.08 bits per heavy atom. The van der Waals surface area contributed by atoms with Gasteiger partial charge in [-0.15, -0.1) is 11.8 Å². The lowest BCUT2D eigenvalue weighted by Gasteiger charge is -2.24. The fourth-order valence-corrected chi connectivity index (χ4v) is 3.76. The third-order valence-corrected chi connectivity index (χ3v) is 5.44. The molecule has 0 saturated heterocycles. The predicted molar refractivity (Wildman–Crippen MR) is 105 cm³/mol. The number of carbonyl (C=O) groups is 1. The molecule has 0 fully saturated rings. The van der Waals surface area contributed by atoms with Gasteiger partial charge in [0.15, 0.2) is 0 Å². The molecule has 0 heterocycles. The first-order chi connectivity index (χ1) is 12.1. The van der Waals surface area contributed by atoms with E-state index < -0.39 is 0 Å². The van der Waals surface area contributed by atoms with Crippen molar-refractivity contribution in [2.45, 2.75) is 42.9 Å². The fourth-order valence-electron chi connectivity index (χ4n) is 2.70. The Labute approximate surface area is 154 Å². The lowest BCUT2D eigenvalue weighted by atomic mass is 10.0. The lowest BCUT2D eigenvalue weighted by molar-refractivity contribution is -0.121. The molecule has 0 radical (unpaired) electrons. The molecule has 2 rings (SSSR count). The second-order valence-electron chi connectivity index (χ2n) is 6.36. The number of amides is 1. The van der Waals surface area contributed by atoms with Gasteiger partial charge >= 0.3 is 0 Å². The Bertz CT molecular complexity index is 633. The zero-order valence-corrected chi connectivity index (χ0v) is 15.7. The largest absolute Gasteiger partial charge is 0.396 e. The number of aliphatic hydroxyl groups is 1. The molecule has 25 heavy (non-hydrogen) atoms. The summed E-state index contributed by atoms with van der Waals surface area (Å²) in [4.78, 5) is 14.1. The smallest absolute Gasteiger partial charge is 0.238 e. The van der Waals surface area contributed by atoms with Gasteiger partial charge in [0.2, 0.25) is 5.91 Å². The van der Waals surface area contributed by atoms with Crippen LogP contribution in [0.4, 0.5) is 0 Å². The van der Waals surface area contributed by atoms with Gasteiger partial charge in [-0.05, 0) is 36.5 Å². The Kier molecular flexibility index (Phi) is 8.02. The Morgan fingerprint density at radius 2 is 1.68 bits per heavy atom. The molecule has 4 heteroatoms. The van der Waals surface area contributed by atoms with Crippen LogP contribution in [0.25, 0.3) is 0 Å². The summed E-state index contributed by atoms with van der Waals surface area (Å²) in [6, 6.07) is 20.0. The zero-order valence-electron chi connectivity index (χ0n) is 14.9. The normalized spacial score (nSPS) is 14.5. The van der Waals surface area contributed by atoms with Crippen molar-refractivity contribution in [2.75, 3.05) is 6.61 Å². The molecule has 3 atom stereocenters. The number of rotatable bonds is 9. The van der Waals surface area contributed by atoms with Crippen molar-refractivity contribution in [1.82, 2.24) is 5.32 Å². The maximum atomic E-state index is 13.0. The minimum absolute atomic E-state index is 0.0250. The number of carbonyl (C=O) groups excluding carboxylic acids is 1. The maximum Gasteiger partial charge on any atom is 0.238 e. The summed E-state index contributed by atoms with van der Waals surface area (Å²) < 4.78 is 0. The van der Waals surface area contributed by atoms with E-state index in [1.165, 1.54) is 0 Å². The molecule has 2 aromatic carbocycles. The molecule has 0 aliphatic carbocycles. The van der Waals surface area contributed by atoms with Crippen LogP contribution in [-0.2, 0) is 4.79 Å². The van der Waals surface area contributed by atoms with Crippen molar-refractivity contribution in [3.63, 3.8) is 0 Å². The number of hydrogen-bond donors (Lipinski definition) is 2. The minimum atomic E-state index is -0.290. The third-order valence-electron chi connectivity index (χ3n) is 4.18. The van der Waals surface area contributed by atoms with E-state index in [4.69, 9.17) is 0 Å². The van der Waals surface area contributed by atoms with Crippen LogP contribution in [0, 0.1) is 5.92 Å². The average molecular weight is 358 g/mol. The van der Waals surface area contributed by atoms with Crippen LogP contribution < -0.4 is 5.32 Å². The van der Waals surface area contributed by atoms with Gasteiger partial charge < -0.3 is 10.4 Å². The van der Waals surface area contributed by atoms with E-state index in [0.717, 1.165) is 23.3 Å². The fraction of sp³-hybridized carbons (Fsp3) is 0.381. The van der Waals surface area contributed by atoms with Crippen LogP contribution in [-0.4, -0.2) is 23.7 Å². The van der Waals surface area contributed by atoms with Gasteiger partial charge in [-0.2, -0.15) is 0 Å². The molecular formula is C21H27NO2S. The van der Waals surface area contributed by atoms with Gasteiger partial charge in [0.1, 0.15) is 5.25 Å². The van der Waals surface area contributed by atoms with Gasteiger partial charge in [0.25, 0.3) is 0 Å². The number of nitrogens with one attached hydrogen (secondary N) is 1. The summed E-state index contributed by atoms with van der Waals surface area (Å²) in [5, 5.41) is 12.2. The van der Waals surface area contributed by atoms with E-state index in [1.54, 1.807) is 11.8 Å². The number of hydrogen-bond acceptors (Lipinski definition) is 3. The monoisotopic (exact) mass is 357 g/mol. The van der Waals surface area contributed by atoms with Crippen LogP contribution in [0.2, 0.25) is 0 Å². The molecule has 0 spiro atoms. The quantitative estimate of drug-likeness (QED) is 0.653. The first-order valence-corrected chi connectivity index (χ1v) is 9.69. The third kappa shape index (κ3) is 6.22. The molecule has 0 aliphatic heterocycles. The van der Waals surface area contributed by atoms with E-state index in [1.807, 2.05) is 67.6 Å². The second kappa shape index (κ2) is 10.3. The van der Waals surface area contributed by atoms with Crippen LogP contribution in [0.5, 0.6) is 0 Å². The molecule has 0 aliphatic rings. The zero-order chi connectivity index (χ0) is 18.1. The van der Waals surface area contributed by atoms with E-state index in [0.29, 0.717) is 0 Å². The van der Waals surface area contributed by atoms with Crippen molar-refractivity contribution < 1.29 is 9.90 Å². The molecular weight excluding hydrogens is 330 g/mol. The van der Waals surface area contributed by atoms with Crippen molar-refractivity contribution in [3.05, 3.63) is 66.2 Å². The highest BCUT2D eigenvalue weighted by atomic mass is 32.2. The van der Waals surface area contributed by atoms with Crippen LogP contribution in [0.1, 0.15) is 37.5 Å². The van der Waals surface area contributed by atoms with Crippen molar-refractivity contribution in [3.8, 4) is 0 Å². The topological polar surface area (TPSA) is 49.3 Å². The number of thioether (sulfide) groups is 1. The highest BCUT2D eigenvalue weighted by Gasteiger charge is 2.24. The summed E-state index contributed by atoms with van der Waals surface area (Å²) in [7, 11) is 0. The number of aliphatic hydroxyl groups excluding tert-OH is 1. The van der Waals surface area contributed by atoms with Gasteiger partial charge in [-0.3, -0.25) is 4.79 Å². The molecule has 0 aromatic heterocycles. The summed E-state index contributed by atoms with van der Waals surface area (Å²) in [5.41, 5.74) is 0.999. The highest BCUT2D eigenvalue weighted by molar-refractivity contribution is 8.00. The van der Waals surface area contributed by atoms with Crippen LogP contribution in [0.15, 0.2) is 65.6 Å². The molecule has 134 valence electrons. The molecule has 0 unspecified atom stereocenters. The number of benzene rings is 2. The maximum absolute atomic E-state index is 13.0. The van der Waals surface area contributed by atoms with Crippen LogP contribution in [0.3, 0.4) is 0 Å².